The largest absolute Gasteiger partial charge is 0.379 e. The maximum Gasteiger partial charge on any atom is 0.264 e. The minimum atomic E-state index is -0.452. The number of halogens is 1. The summed E-state index contributed by atoms with van der Waals surface area (Å²) in [6.45, 7) is 6.94. The van der Waals surface area contributed by atoms with Crippen LogP contribution in [0.15, 0.2) is 91.1 Å². The Morgan fingerprint density at radius 1 is 0.865 bits per heavy atom. The zero-order chi connectivity index (χ0) is 35.9. The number of hydrogen-bond donors (Lipinski definition) is 0. The van der Waals surface area contributed by atoms with Gasteiger partial charge in [-0.3, -0.25) is 19.4 Å². The molecule has 9 nitrogen and oxygen atoms in total. The number of para-hydroxylation sites is 1. The summed E-state index contributed by atoms with van der Waals surface area (Å²) in [5, 5.41) is 0. The number of carbonyl (C=O) groups excluding carboxylic acids is 2. The first-order chi connectivity index (χ1) is 25.3. The molecule has 1 atom stereocenters. The fourth-order valence-corrected chi connectivity index (χ4v) is 7.93. The molecule has 0 aliphatic carbocycles. The summed E-state index contributed by atoms with van der Waals surface area (Å²) in [5.74, 6) is 0.0815. The summed E-state index contributed by atoms with van der Waals surface area (Å²) in [5.41, 5.74) is 7.45. The maximum absolute atomic E-state index is 15.2. The lowest BCUT2D eigenvalue weighted by atomic mass is 9.92. The molecular weight excluding hydrogens is 655 g/mol. The van der Waals surface area contributed by atoms with Crippen LogP contribution in [0.1, 0.15) is 43.1 Å². The fraction of sp³-hybridized carbons (Fsp3) is 0.310. The quantitative estimate of drug-likeness (QED) is 0.196. The summed E-state index contributed by atoms with van der Waals surface area (Å²) in [4.78, 5) is 42.3. The van der Waals surface area contributed by atoms with Gasteiger partial charge >= 0.3 is 0 Å². The van der Waals surface area contributed by atoms with Crippen molar-refractivity contribution < 1.29 is 18.7 Å². The van der Waals surface area contributed by atoms with Crippen LogP contribution in [-0.2, 0) is 31.2 Å². The Kier molecular flexibility index (Phi) is 9.11. The third-order valence-electron chi connectivity index (χ3n) is 10.9. The van der Waals surface area contributed by atoms with E-state index in [-0.39, 0.29) is 17.9 Å². The molecule has 10 heteroatoms. The number of benzene rings is 3. The van der Waals surface area contributed by atoms with Crippen molar-refractivity contribution in [3.05, 3.63) is 130 Å². The van der Waals surface area contributed by atoms with Crippen molar-refractivity contribution >= 4 is 29.0 Å². The number of anilines is 3. The van der Waals surface area contributed by atoms with Gasteiger partial charge in [0.25, 0.3) is 11.8 Å². The average Bonchev–Trinajstić information content (AvgIpc) is 3.69. The number of pyridine rings is 1. The van der Waals surface area contributed by atoms with Gasteiger partial charge < -0.3 is 19.1 Å². The van der Waals surface area contributed by atoms with E-state index in [0.717, 1.165) is 56.0 Å². The Hall–Kier alpha value is -5.32. The normalized spacial score (nSPS) is 17.2. The molecule has 266 valence electrons. The zero-order valence-electron chi connectivity index (χ0n) is 29.9. The molecule has 0 N–H and O–H groups in total. The van der Waals surface area contributed by atoms with Gasteiger partial charge in [-0.05, 0) is 78.9 Å². The van der Waals surface area contributed by atoms with E-state index in [1.54, 1.807) is 23.2 Å². The Bertz CT molecular complexity index is 2140. The molecule has 1 saturated heterocycles. The van der Waals surface area contributed by atoms with Crippen LogP contribution < -0.4 is 9.80 Å². The van der Waals surface area contributed by atoms with Crippen molar-refractivity contribution in [2.75, 3.05) is 56.2 Å². The summed E-state index contributed by atoms with van der Waals surface area (Å²) >= 11 is 0. The molecule has 3 aliphatic rings. The van der Waals surface area contributed by atoms with E-state index in [0.29, 0.717) is 59.2 Å². The Morgan fingerprint density at radius 3 is 2.40 bits per heavy atom. The van der Waals surface area contributed by atoms with Crippen LogP contribution in [0.4, 0.5) is 21.6 Å². The number of morpholine rings is 1. The summed E-state index contributed by atoms with van der Waals surface area (Å²) < 4.78 is 22.7. The predicted octanol–water partition coefficient (Wildman–Crippen LogP) is 6.40. The van der Waals surface area contributed by atoms with E-state index >= 15 is 4.39 Å². The molecule has 3 aliphatic heterocycles. The molecule has 5 heterocycles. The van der Waals surface area contributed by atoms with Gasteiger partial charge in [0.2, 0.25) is 0 Å². The van der Waals surface area contributed by atoms with E-state index in [4.69, 9.17) is 9.72 Å². The molecule has 3 aromatic carbocycles. The van der Waals surface area contributed by atoms with E-state index in [2.05, 4.69) is 28.0 Å². The van der Waals surface area contributed by atoms with Gasteiger partial charge in [0.15, 0.2) is 0 Å². The van der Waals surface area contributed by atoms with Gasteiger partial charge in [-0.1, -0.05) is 42.5 Å². The molecule has 0 radical (unpaired) electrons. The van der Waals surface area contributed by atoms with Crippen molar-refractivity contribution in [1.29, 1.82) is 0 Å². The van der Waals surface area contributed by atoms with Crippen LogP contribution >= 0.6 is 0 Å². The second-order valence-corrected chi connectivity index (χ2v) is 14.1. The first kappa shape index (κ1) is 33.8. The number of ether oxygens (including phenoxy) is 1. The second kappa shape index (κ2) is 14.0. The maximum atomic E-state index is 15.2. The van der Waals surface area contributed by atoms with Crippen LogP contribution in [-0.4, -0.2) is 83.6 Å². The highest BCUT2D eigenvalue weighted by Crippen LogP contribution is 2.36. The van der Waals surface area contributed by atoms with Crippen LogP contribution in [0.3, 0.4) is 0 Å². The second-order valence-electron chi connectivity index (χ2n) is 14.1. The molecule has 0 unspecified atom stereocenters. The Labute approximate surface area is 303 Å². The number of amides is 2. The highest BCUT2D eigenvalue weighted by Gasteiger charge is 2.34. The first-order valence-corrected chi connectivity index (χ1v) is 18.0. The average molecular weight is 699 g/mol. The van der Waals surface area contributed by atoms with E-state index < -0.39 is 5.82 Å². The smallest absolute Gasteiger partial charge is 0.264 e. The molecule has 52 heavy (non-hydrogen) atoms. The number of rotatable bonds is 7. The van der Waals surface area contributed by atoms with Gasteiger partial charge in [-0.2, -0.15) is 0 Å². The zero-order valence-corrected chi connectivity index (χ0v) is 29.9. The molecule has 5 aromatic rings. The van der Waals surface area contributed by atoms with E-state index in [1.165, 1.54) is 17.7 Å². The van der Waals surface area contributed by atoms with Crippen molar-refractivity contribution in [1.82, 2.24) is 19.4 Å². The van der Waals surface area contributed by atoms with Gasteiger partial charge in [0.1, 0.15) is 11.6 Å². The third kappa shape index (κ3) is 6.26. The molecule has 1 fully saturated rings. The highest BCUT2D eigenvalue weighted by molar-refractivity contribution is 6.12. The Balaban J connectivity index is 1.17. The molecule has 2 amide bonds. The Morgan fingerprint density at radius 2 is 1.62 bits per heavy atom. The minimum Gasteiger partial charge on any atom is -0.379 e. The molecule has 0 saturated carbocycles. The standard InChI is InChI=1S/C42H43FN6O3/c1-28-37(42(51)49(33-11-5-4-6-12-33)34-22-30-15-16-45(2)40(30)44-25-34)24-39(46(28)3)38-23-32(43)13-14-36(38)41(50)48-26-31-10-8-7-9-29(31)21-35(48)27-47-17-19-52-20-18-47/h4-14,22-25,35H,15-21,26-27H2,1-3H3/t35-/m0/s1. The number of carbonyl (C=O) groups is 2. The summed E-state index contributed by atoms with van der Waals surface area (Å²) in [7, 11) is 3.88. The summed E-state index contributed by atoms with van der Waals surface area (Å²) in [6.07, 6.45) is 3.34. The monoisotopic (exact) mass is 698 g/mol. The molecule has 0 spiro atoms. The fourth-order valence-electron chi connectivity index (χ4n) is 7.93. The molecule has 2 aromatic heterocycles. The van der Waals surface area contributed by atoms with Crippen molar-refractivity contribution in [2.24, 2.45) is 7.05 Å². The molecule has 0 bridgehead atoms. The number of aromatic nitrogens is 2. The van der Waals surface area contributed by atoms with E-state index in [1.807, 2.05) is 73.0 Å². The first-order valence-electron chi connectivity index (χ1n) is 18.0. The lowest BCUT2D eigenvalue weighted by Gasteiger charge is -2.40. The highest BCUT2D eigenvalue weighted by atomic mass is 19.1. The van der Waals surface area contributed by atoms with Crippen molar-refractivity contribution in [2.45, 2.75) is 32.4 Å². The van der Waals surface area contributed by atoms with Gasteiger partial charge in [-0.15, -0.1) is 0 Å². The van der Waals surface area contributed by atoms with Crippen LogP contribution in [0, 0.1) is 12.7 Å². The number of hydrogen-bond acceptors (Lipinski definition) is 6. The van der Waals surface area contributed by atoms with Crippen molar-refractivity contribution in [3.8, 4) is 11.3 Å². The SMILES string of the molecule is Cc1c(C(=O)N(c2ccccc2)c2cnc3c(c2)CCN3C)cc(-c2cc(F)ccc2C(=O)N2Cc3ccccc3C[C@H]2CN2CCOCC2)n1C. The number of likely N-dealkylation sites (N-methyl/N-ethyl adjacent to an activating group) is 1. The molecular formula is C42H43FN6O3. The molecule has 8 rings (SSSR count). The summed E-state index contributed by atoms with van der Waals surface area (Å²) in [6, 6.07) is 26.0. The van der Waals surface area contributed by atoms with Gasteiger partial charge in [-0.25, -0.2) is 9.37 Å². The van der Waals surface area contributed by atoms with Crippen LogP contribution in [0.5, 0.6) is 0 Å². The third-order valence-corrected chi connectivity index (χ3v) is 10.9. The van der Waals surface area contributed by atoms with Crippen LogP contribution in [0.25, 0.3) is 11.3 Å². The van der Waals surface area contributed by atoms with E-state index in [9.17, 15) is 9.59 Å². The van der Waals surface area contributed by atoms with Gasteiger partial charge in [0, 0.05) is 81.1 Å². The topological polar surface area (TPSA) is 74.2 Å². The minimum absolute atomic E-state index is 0.0640. The van der Waals surface area contributed by atoms with Crippen molar-refractivity contribution in [3.63, 3.8) is 0 Å². The predicted molar refractivity (Wildman–Crippen MR) is 201 cm³/mol. The lowest BCUT2D eigenvalue weighted by molar-refractivity contribution is 0.0193. The number of fused-ring (bicyclic) bond motifs is 2. The van der Waals surface area contributed by atoms with Gasteiger partial charge in [0.05, 0.1) is 30.7 Å². The lowest BCUT2D eigenvalue weighted by Crippen LogP contribution is -2.52. The van der Waals surface area contributed by atoms with Crippen LogP contribution in [0.2, 0.25) is 0 Å². The number of nitrogens with zero attached hydrogens (tertiary/aromatic N) is 6.